The molecular weight excluding hydrogens is 230 g/mol. The Balaban J connectivity index is 1.76. The van der Waals surface area contributed by atoms with Crippen LogP contribution in [-0.2, 0) is 16.0 Å². The van der Waals surface area contributed by atoms with E-state index >= 15 is 0 Å². The van der Waals surface area contributed by atoms with E-state index in [4.69, 9.17) is 9.84 Å². The third-order valence-electron chi connectivity index (χ3n) is 3.30. The first kappa shape index (κ1) is 12.9. The summed E-state index contributed by atoms with van der Waals surface area (Å²) in [6.07, 6.45) is 2.16. The maximum absolute atomic E-state index is 11.8. The molecule has 0 radical (unpaired) electrons. The Bertz CT molecular complexity index is 402. The van der Waals surface area contributed by atoms with Crippen LogP contribution in [0.25, 0.3) is 0 Å². The third-order valence-corrected chi connectivity index (χ3v) is 3.30. The quantitative estimate of drug-likeness (QED) is 0.852. The molecule has 4 nitrogen and oxygen atoms in total. The van der Waals surface area contributed by atoms with Gasteiger partial charge in [-0.2, -0.15) is 0 Å². The molecule has 1 saturated heterocycles. The molecule has 1 aliphatic heterocycles. The zero-order valence-electron chi connectivity index (χ0n) is 10.6. The summed E-state index contributed by atoms with van der Waals surface area (Å²) >= 11 is 0. The second kappa shape index (κ2) is 5.87. The van der Waals surface area contributed by atoms with Gasteiger partial charge in [-0.15, -0.1) is 0 Å². The predicted octanol–water partition coefficient (Wildman–Crippen LogP) is 1.62. The molecule has 0 unspecified atom stereocenters. The SMILES string of the molecule is C[C@@H]1OCC[C@@H]1NC(=O)CCc1ccc(O)cc1. The van der Waals surface area contributed by atoms with Gasteiger partial charge in [0.2, 0.25) is 5.91 Å². The molecule has 2 N–H and O–H groups in total. The molecule has 0 bridgehead atoms. The minimum absolute atomic E-state index is 0.0606. The van der Waals surface area contributed by atoms with Crippen molar-refractivity contribution in [3.05, 3.63) is 29.8 Å². The van der Waals surface area contributed by atoms with Crippen molar-refractivity contribution >= 4 is 5.91 Å². The van der Waals surface area contributed by atoms with Crippen LogP contribution >= 0.6 is 0 Å². The fraction of sp³-hybridized carbons (Fsp3) is 0.500. The van der Waals surface area contributed by atoms with Crippen LogP contribution in [0.3, 0.4) is 0 Å². The number of rotatable bonds is 4. The lowest BCUT2D eigenvalue weighted by Crippen LogP contribution is -2.39. The van der Waals surface area contributed by atoms with Crippen LogP contribution in [0, 0.1) is 0 Å². The fourth-order valence-electron chi connectivity index (χ4n) is 2.12. The molecule has 1 heterocycles. The topological polar surface area (TPSA) is 58.6 Å². The van der Waals surface area contributed by atoms with E-state index < -0.39 is 0 Å². The highest BCUT2D eigenvalue weighted by Crippen LogP contribution is 2.14. The molecular formula is C14H19NO3. The number of carbonyl (C=O) groups is 1. The summed E-state index contributed by atoms with van der Waals surface area (Å²) in [4.78, 5) is 11.8. The van der Waals surface area contributed by atoms with Crippen molar-refractivity contribution in [2.45, 2.75) is 38.3 Å². The molecule has 1 fully saturated rings. The lowest BCUT2D eigenvalue weighted by Gasteiger charge is -2.15. The van der Waals surface area contributed by atoms with E-state index in [1.165, 1.54) is 0 Å². The van der Waals surface area contributed by atoms with Gasteiger partial charge in [-0.3, -0.25) is 4.79 Å². The maximum atomic E-state index is 11.8. The van der Waals surface area contributed by atoms with Gasteiger partial charge in [-0.05, 0) is 37.5 Å². The lowest BCUT2D eigenvalue weighted by molar-refractivity contribution is -0.122. The van der Waals surface area contributed by atoms with Gasteiger partial charge in [-0.1, -0.05) is 12.1 Å². The highest BCUT2D eigenvalue weighted by Gasteiger charge is 2.25. The smallest absolute Gasteiger partial charge is 0.220 e. The van der Waals surface area contributed by atoms with E-state index in [0.29, 0.717) is 12.8 Å². The zero-order chi connectivity index (χ0) is 13.0. The first-order valence-electron chi connectivity index (χ1n) is 6.34. The zero-order valence-corrected chi connectivity index (χ0v) is 10.6. The standard InChI is InChI=1S/C14H19NO3/c1-10-13(8-9-18-10)15-14(17)7-4-11-2-5-12(16)6-3-11/h2-3,5-6,10,13,16H,4,7-9H2,1H3,(H,15,17)/t10-,13-/m0/s1. The Hall–Kier alpha value is -1.55. The minimum Gasteiger partial charge on any atom is -0.508 e. The summed E-state index contributed by atoms with van der Waals surface area (Å²) in [5, 5.41) is 12.2. The van der Waals surface area contributed by atoms with E-state index in [-0.39, 0.29) is 23.8 Å². The molecule has 1 amide bonds. The Morgan fingerprint density at radius 2 is 2.17 bits per heavy atom. The Kier molecular flexibility index (Phi) is 4.20. The number of amides is 1. The highest BCUT2D eigenvalue weighted by atomic mass is 16.5. The maximum Gasteiger partial charge on any atom is 0.220 e. The predicted molar refractivity (Wildman–Crippen MR) is 68.4 cm³/mol. The van der Waals surface area contributed by atoms with E-state index in [9.17, 15) is 4.79 Å². The first-order valence-corrected chi connectivity index (χ1v) is 6.34. The van der Waals surface area contributed by atoms with Crippen molar-refractivity contribution in [3.63, 3.8) is 0 Å². The summed E-state index contributed by atoms with van der Waals surface area (Å²) in [5.41, 5.74) is 1.05. The molecule has 1 aromatic carbocycles. The average Bonchev–Trinajstić information content (AvgIpc) is 2.74. The van der Waals surface area contributed by atoms with Gasteiger partial charge in [0.25, 0.3) is 0 Å². The number of aromatic hydroxyl groups is 1. The van der Waals surface area contributed by atoms with Crippen molar-refractivity contribution in [2.75, 3.05) is 6.61 Å². The molecule has 0 saturated carbocycles. The van der Waals surface area contributed by atoms with Gasteiger partial charge in [0.15, 0.2) is 0 Å². The minimum atomic E-state index is 0.0606. The Morgan fingerprint density at radius 3 is 2.78 bits per heavy atom. The summed E-state index contributed by atoms with van der Waals surface area (Å²) in [5.74, 6) is 0.311. The molecule has 1 aromatic rings. The van der Waals surface area contributed by atoms with Crippen molar-refractivity contribution in [1.29, 1.82) is 0 Å². The van der Waals surface area contributed by atoms with Crippen LogP contribution < -0.4 is 5.32 Å². The van der Waals surface area contributed by atoms with Crippen molar-refractivity contribution in [2.24, 2.45) is 0 Å². The number of nitrogens with one attached hydrogen (secondary N) is 1. The number of phenolic OH excluding ortho intramolecular Hbond substituents is 1. The monoisotopic (exact) mass is 249 g/mol. The molecule has 2 atom stereocenters. The van der Waals surface area contributed by atoms with Crippen molar-refractivity contribution in [1.82, 2.24) is 5.32 Å². The fourth-order valence-corrected chi connectivity index (χ4v) is 2.12. The molecule has 0 aliphatic carbocycles. The van der Waals surface area contributed by atoms with Crippen molar-refractivity contribution < 1.29 is 14.6 Å². The summed E-state index contributed by atoms with van der Waals surface area (Å²) in [7, 11) is 0. The largest absolute Gasteiger partial charge is 0.508 e. The van der Waals surface area contributed by atoms with E-state index in [1.807, 2.05) is 19.1 Å². The molecule has 0 spiro atoms. The van der Waals surface area contributed by atoms with Crippen LogP contribution in [0.4, 0.5) is 0 Å². The molecule has 4 heteroatoms. The van der Waals surface area contributed by atoms with Crippen LogP contribution in [0.2, 0.25) is 0 Å². The van der Waals surface area contributed by atoms with Gasteiger partial charge >= 0.3 is 0 Å². The average molecular weight is 249 g/mol. The molecule has 1 aliphatic rings. The number of phenols is 1. The van der Waals surface area contributed by atoms with E-state index in [2.05, 4.69) is 5.32 Å². The molecule has 98 valence electrons. The van der Waals surface area contributed by atoms with Gasteiger partial charge in [-0.25, -0.2) is 0 Å². The normalized spacial score (nSPS) is 22.9. The molecule has 0 aromatic heterocycles. The molecule has 2 rings (SSSR count). The lowest BCUT2D eigenvalue weighted by atomic mass is 10.1. The second-order valence-corrected chi connectivity index (χ2v) is 4.71. The van der Waals surface area contributed by atoms with E-state index in [1.54, 1.807) is 12.1 Å². The highest BCUT2D eigenvalue weighted by molar-refractivity contribution is 5.76. The molecule has 18 heavy (non-hydrogen) atoms. The Labute approximate surface area is 107 Å². The van der Waals surface area contributed by atoms with Crippen LogP contribution in [0.5, 0.6) is 5.75 Å². The van der Waals surface area contributed by atoms with Gasteiger partial charge in [0.05, 0.1) is 12.1 Å². The number of carbonyl (C=O) groups excluding carboxylic acids is 1. The third kappa shape index (κ3) is 3.47. The van der Waals surface area contributed by atoms with Crippen LogP contribution in [-0.4, -0.2) is 29.8 Å². The Morgan fingerprint density at radius 1 is 1.44 bits per heavy atom. The van der Waals surface area contributed by atoms with Gasteiger partial charge in [0.1, 0.15) is 5.75 Å². The van der Waals surface area contributed by atoms with Crippen LogP contribution in [0.1, 0.15) is 25.3 Å². The number of aryl methyl sites for hydroxylation is 1. The number of ether oxygens (including phenoxy) is 1. The van der Waals surface area contributed by atoms with E-state index in [0.717, 1.165) is 18.6 Å². The van der Waals surface area contributed by atoms with Crippen LogP contribution in [0.15, 0.2) is 24.3 Å². The number of hydrogen-bond donors (Lipinski definition) is 2. The summed E-state index contributed by atoms with van der Waals surface area (Å²) < 4.78 is 5.40. The first-order chi connectivity index (χ1) is 8.65. The summed E-state index contributed by atoms with van der Waals surface area (Å²) in [6, 6.07) is 7.10. The van der Waals surface area contributed by atoms with Crippen molar-refractivity contribution in [3.8, 4) is 5.75 Å². The summed E-state index contributed by atoms with van der Waals surface area (Å²) in [6.45, 7) is 2.71. The van der Waals surface area contributed by atoms with Gasteiger partial charge < -0.3 is 15.2 Å². The number of benzene rings is 1. The number of hydrogen-bond acceptors (Lipinski definition) is 3. The van der Waals surface area contributed by atoms with Gasteiger partial charge in [0, 0.05) is 13.0 Å². The second-order valence-electron chi connectivity index (χ2n) is 4.71.